The molecule has 0 radical (unpaired) electrons. The summed E-state index contributed by atoms with van der Waals surface area (Å²) in [5, 5.41) is 3.53. The first-order valence-corrected chi connectivity index (χ1v) is 5.79. The van der Waals surface area contributed by atoms with E-state index in [0.717, 1.165) is 13.1 Å². The predicted molar refractivity (Wildman–Crippen MR) is 62.6 cm³/mol. The molecule has 1 heterocycles. The highest BCUT2D eigenvalue weighted by molar-refractivity contribution is 5.16. The highest BCUT2D eigenvalue weighted by atomic mass is 14.9. The van der Waals surface area contributed by atoms with Crippen molar-refractivity contribution in [1.82, 2.24) is 10.3 Å². The summed E-state index contributed by atoms with van der Waals surface area (Å²) in [5.41, 5.74) is 3.10. The molecule has 1 aromatic heterocycles. The lowest BCUT2D eigenvalue weighted by Gasteiger charge is -2.38. The smallest absolute Gasteiger partial charge is 0.0313 e. The Morgan fingerprint density at radius 2 is 2.20 bits per heavy atom. The molecule has 0 saturated heterocycles. The minimum Gasteiger partial charge on any atom is -0.312 e. The van der Waals surface area contributed by atoms with E-state index in [1.54, 1.807) is 0 Å². The Balaban J connectivity index is 1.78. The third kappa shape index (κ3) is 2.78. The van der Waals surface area contributed by atoms with Crippen LogP contribution in [0.15, 0.2) is 18.5 Å². The van der Waals surface area contributed by atoms with Gasteiger partial charge in [-0.3, -0.25) is 4.98 Å². The lowest BCUT2D eigenvalue weighted by atomic mass is 9.70. The van der Waals surface area contributed by atoms with Crippen LogP contribution in [0.4, 0.5) is 0 Å². The number of rotatable bonds is 4. The summed E-state index contributed by atoms with van der Waals surface area (Å²) in [5.74, 6) is 0. The van der Waals surface area contributed by atoms with Crippen molar-refractivity contribution in [2.45, 2.75) is 39.7 Å². The zero-order valence-electron chi connectivity index (χ0n) is 9.71. The van der Waals surface area contributed by atoms with Crippen molar-refractivity contribution < 1.29 is 0 Å². The molecule has 0 amide bonds. The third-order valence-corrected chi connectivity index (χ3v) is 3.37. The molecule has 1 saturated carbocycles. The van der Waals surface area contributed by atoms with E-state index in [9.17, 15) is 0 Å². The van der Waals surface area contributed by atoms with Crippen molar-refractivity contribution in [1.29, 1.82) is 0 Å². The van der Waals surface area contributed by atoms with Gasteiger partial charge in [0.1, 0.15) is 0 Å². The maximum absolute atomic E-state index is 4.19. The second-order valence-corrected chi connectivity index (χ2v) is 5.14. The Kier molecular flexibility index (Phi) is 3.06. The molecule has 0 bridgehead atoms. The monoisotopic (exact) mass is 204 g/mol. The first kappa shape index (κ1) is 10.6. The van der Waals surface area contributed by atoms with Crippen LogP contribution in [0.2, 0.25) is 0 Å². The largest absolute Gasteiger partial charge is 0.312 e. The Morgan fingerprint density at radius 1 is 1.40 bits per heavy atom. The molecular formula is C13H20N2. The number of aryl methyl sites for hydroxylation is 1. The van der Waals surface area contributed by atoms with Crippen molar-refractivity contribution in [2.24, 2.45) is 5.41 Å². The summed E-state index contributed by atoms with van der Waals surface area (Å²) in [6.45, 7) is 6.55. The van der Waals surface area contributed by atoms with Gasteiger partial charge in [-0.1, -0.05) is 19.4 Å². The molecule has 2 heteroatoms. The van der Waals surface area contributed by atoms with Crippen LogP contribution >= 0.6 is 0 Å². The van der Waals surface area contributed by atoms with E-state index in [1.807, 2.05) is 12.4 Å². The van der Waals surface area contributed by atoms with E-state index in [2.05, 4.69) is 30.2 Å². The van der Waals surface area contributed by atoms with E-state index < -0.39 is 0 Å². The summed E-state index contributed by atoms with van der Waals surface area (Å²) in [7, 11) is 0. The van der Waals surface area contributed by atoms with E-state index in [0.29, 0.717) is 5.41 Å². The van der Waals surface area contributed by atoms with Crippen LogP contribution in [0.25, 0.3) is 0 Å². The number of pyridine rings is 1. The third-order valence-electron chi connectivity index (χ3n) is 3.37. The van der Waals surface area contributed by atoms with Crippen LogP contribution in [-0.2, 0) is 6.54 Å². The van der Waals surface area contributed by atoms with Gasteiger partial charge in [0.15, 0.2) is 0 Å². The Labute approximate surface area is 92.1 Å². The molecule has 1 N–H and O–H groups in total. The Hall–Kier alpha value is -0.890. The first-order valence-electron chi connectivity index (χ1n) is 5.79. The van der Waals surface area contributed by atoms with Gasteiger partial charge in [-0.05, 0) is 36.3 Å². The Bertz CT molecular complexity index is 329. The molecule has 0 aliphatic heterocycles. The quantitative estimate of drug-likeness (QED) is 0.815. The van der Waals surface area contributed by atoms with E-state index in [4.69, 9.17) is 0 Å². The molecule has 82 valence electrons. The fourth-order valence-corrected chi connectivity index (χ4v) is 2.18. The molecule has 1 fully saturated rings. The lowest BCUT2D eigenvalue weighted by Crippen LogP contribution is -2.36. The SMILES string of the molecule is Cc1cncc(CNCC2(C)CCC2)c1. The molecule has 1 aliphatic carbocycles. The molecule has 1 aliphatic rings. The number of aromatic nitrogens is 1. The zero-order valence-corrected chi connectivity index (χ0v) is 9.71. The molecular weight excluding hydrogens is 184 g/mol. The summed E-state index contributed by atoms with van der Waals surface area (Å²) in [6, 6.07) is 2.20. The summed E-state index contributed by atoms with van der Waals surface area (Å²) >= 11 is 0. The van der Waals surface area contributed by atoms with Crippen molar-refractivity contribution in [3.63, 3.8) is 0 Å². The molecule has 0 spiro atoms. The summed E-state index contributed by atoms with van der Waals surface area (Å²) < 4.78 is 0. The number of hydrogen-bond acceptors (Lipinski definition) is 2. The van der Waals surface area contributed by atoms with Crippen LogP contribution in [0.1, 0.15) is 37.3 Å². The summed E-state index contributed by atoms with van der Waals surface area (Å²) in [6.07, 6.45) is 8.02. The average molecular weight is 204 g/mol. The van der Waals surface area contributed by atoms with Gasteiger partial charge in [0, 0.05) is 25.5 Å². The van der Waals surface area contributed by atoms with Gasteiger partial charge in [0.05, 0.1) is 0 Å². The molecule has 1 aromatic rings. The van der Waals surface area contributed by atoms with Crippen molar-refractivity contribution >= 4 is 0 Å². The fourth-order valence-electron chi connectivity index (χ4n) is 2.18. The van der Waals surface area contributed by atoms with Crippen molar-refractivity contribution in [2.75, 3.05) is 6.54 Å². The van der Waals surface area contributed by atoms with Crippen LogP contribution in [0, 0.1) is 12.3 Å². The highest BCUT2D eigenvalue weighted by Gasteiger charge is 2.30. The van der Waals surface area contributed by atoms with Crippen molar-refractivity contribution in [3.8, 4) is 0 Å². The number of hydrogen-bond donors (Lipinski definition) is 1. The van der Waals surface area contributed by atoms with Gasteiger partial charge >= 0.3 is 0 Å². The highest BCUT2D eigenvalue weighted by Crippen LogP contribution is 2.39. The maximum atomic E-state index is 4.19. The maximum Gasteiger partial charge on any atom is 0.0313 e. The minimum atomic E-state index is 0.567. The van der Waals surface area contributed by atoms with Gasteiger partial charge in [-0.25, -0.2) is 0 Å². The van der Waals surface area contributed by atoms with Gasteiger partial charge < -0.3 is 5.32 Å². The van der Waals surface area contributed by atoms with Gasteiger partial charge in [-0.2, -0.15) is 0 Å². The first-order chi connectivity index (χ1) is 7.18. The molecule has 0 aromatic carbocycles. The van der Waals surface area contributed by atoms with E-state index >= 15 is 0 Å². The van der Waals surface area contributed by atoms with Crippen LogP contribution < -0.4 is 5.32 Å². The fraction of sp³-hybridized carbons (Fsp3) is 0.615. The lowest BCUT2D eigenvalue weighted by molar-refractivity contribution is 0.156. The van der Waals surface area contributed by atoms with Gasteiger partial charge in [0.25, 0.3) is 0 Å². The normalized spacial score (nSPS) is 18.5. The second-order valence-electron chi connectivity index (χ2n) is 5.14. The van der Waals surface area contributed by atoms with E-state index in [1.165, 1.54) is 30.4 Å². The standard InChI is InChI=1S/C13H20N2/c1-11-6-12(8-14-7-11)9-15-10-13(2)4-3-5-13/h6-8,15H,3-5,9-10H2,1-2H3. The molecule has 2 rings (SSSR count). The Morgan fingerprint density at radius 3 is 2.80 bits per heavy atom. The topological polar surface area (TPSA) is 24.9 Å². The second kappa shape index (κ2) is 4.31. The van der Waals surface area contributed by atoms with Crippen LogP contribution in [0.5, 0.6) is 0 Å². The van der Waals surface area contributed by atoms with Gasteiger partial charge in [0.2, 0.25) is 0 Å². The minimum absolute atomic E-state index is 0.567. The zero-order chi connectivity index (χ0) is 10.7. The van der Waals surface area contributed by atoms with E-state index in [-0.39, 0.29) is 0 Å². The van der Waals surface area contributed by atoms with Gasteiger partial charge in [-0.15, -0.1) is 0 Å². The molecule has 2 nitrogen and oxygen atoms in total. The van der Waals surface area contributed by atoms with Crippen molar-refractivity contribution in [3.05, 3.63) is 29.6 Å². The molecule has 0 atom stereocenters. The average Bonchev–Trinajstić information content (AvgIpc) is 2.15. The number of nitrogens with one attached hydrogen (secondary N) is 1. The van der Waals surface area contributed by atoms with Crippen LogP contribution in [-0.4, -0.2) is 11.5 Å². The molecule has 0 unspecified atom stereocenters. The summed E-state index contributed by atoms with van der Waals surface area (Å²) in [4.78, 5) is 4.19. The number of nitrogens with zero attached hydrogens (tertiary/aromatic N) is 1. The van der Waals surface area contributed by atoms with Crippen LogP contribution in [0.3, 0.4) is 0 Å². The molecule has 15 heavy (non-hydrogen) atoms. The predicted octanol–water partition coefficient (Wildman–Crippen LogP) is 2.67.